The molecule has 0 aromatic carbocycles. The SMILES string of the molecule is FC(F)(F)C(F)(F)C(Br)CI. The molecule has 0 aromatic heterocycles. The highest BCUT2D eigenvalue weighted by atomic mass is 127. The average Bonchev–Trinajstić information content (AvgIpc) is 1.83. The first kappa shape index (κ1) is 11.9. The lowest BCUT2D eigenvalue weighted by molar-refractivity contribution is -0.278. The molecule has 0 saturated carbocycles. The molecule has 68 valence electrons. The number of halogens is 7. The quantitative estimate of drug-likeness (QED) is 0.406. The van der Waals surface area contributed by atoms with Crippen molar-refractivity contribution in [2.45, 2.75) is 16.9 Å². The summed E-state index contributed by atoms with van der Waals surface area (Å²) >= 11 is 3.71. The largest absolute Gasteiger partial charge is 0.454 e. The molecule has 1 atom stereocenters. The van der Waals surface area contributed by atoms with E-state index in [2.05, 4.69) is 15.9 Å². The normalized spacial score (nSPS) is 16.6. The maximum absolute atomic E-state index is 12.1. The molecule has 0 aliphatic heterocycles. The molecule has 7 heteroatoms. The van der Waals surface area contributed by atoms with Gasteiger partial charge in [0.15, 0.2) is 0 Å². The highest BCUT2D eigenvalue weighted by Crippen LogP contribution is 2.41. The summed E-state index contributed by atoms with van der Waals surface area (Å²) in [7, 11) is 0. The van der Waals surface area contributed by atoms with Crippen LogP contribution < -0.4 is 0 Å². The van der Waals surface area contributed by atoms with Gasteiger partial charge < -0.3 is 0 Å². The lowest BCUT2D eigenvalue weighted by Crippen LogP contribution is -2.44. The summed E-state index contributed by atoms with van der Waals surface area (Å²) in [6.07, 6.45) is -5.47. The van der Waals surface area contributed by atoms with Crippen LogP contribution in [0.2, 0.25) is 0 Å². The third-order valence-electron chi connectivity index (χ3n) is 0.907. The van der Waals surface area contributed by atoms with Gasteiger partial charge in [0.05, 0.1) is 4.83 Å². The van der Waals surface area contributed by atoms with Gasteiger partial charge in [0.2, 0.25) is 0 Å². The molecule has 0 aliphatic carbocycles. The minimum atomic E-state index is -5.47. The van der Waals surface area contributed by atoms with E-state index in [4.69, 9.17) is 0 Å². The first-order chi connectivity index (χ1) is 4.73. The highest BCUT2D eigenvalue weighted by Gasteiger charge is 2.61. The Labute approximate surface area is 81.8 Å². The smallest absolute Gasteiger partial charge is 0.195 e. The summed E-state index contributed by atoms with van der Waals surface area (Å²) in [5.74, 6) is -4.64. The average molecular weight is 353 g/mol. The summed E-state index contributed by atoms with van der Waals surface area (Å²) < 4.78 is 58.5. The molecule has 1 unspecified atom stereocenters. The monoisotopic (exact) mass is 352 g/mol. The minimum Gasteiger partial charge on any atom is -0.195 e. The standard InChI is InChI=1S/C4H3BrF5I/c5-2(1-11)3(6,7)4(8,9)10/h2H,1H2. The van der Waals surface area contributed by atoms with Gasteiger partial charge in [-0.3, -0.25) is 0 Å². The molecule has 11 heavy (non-hydrogen) atoms. The summed E-state index contributed by atoms with van der Waals surface area (Å²) in [6.45, 7) is 0. The molecule has 0 aromatic rings. The van der Waals surface area contributed by atoms with Crippen molar-refractivity contribution in [2.75, 3.05) is 4.43 Å². The van der Waals surface area contributed by atoms with Gasteiger partial charge in [-0.15, -0.1) is 0 Å². The lowest BCUT2D eigenvalue weighted by atomic mass is 10.2. The van der Waals surface area contributed by atoms with Crippen molar-refractivity contribution < 1.29 is 22.0 Å². The third kappa shape index (κ3) is 2.67. The van der Waals surface area contributed by atoms with E-state index in [9.17, 15) is 22.0 Å². The highest BCUT2D eigenvalue weighted by molar-refractivity contribution is 14.1. The second-order valence-electron chi connectivity index (χ2n) is 1.74. The minimum absolute atomic E-state index is 0.301. The fourth-order valence-electron chi connectivity index (χ4n) is 0.274. The second kappa shape index (κ2) is 3.71. The molecule has 0 radical (unpaired) electrons. The van der Waals surface area contributed by atoms with Crippen LogP contribution in [0.3, 0.4) is 0 Å². The van der Waals surface area contributed by atoms with E-state index in [1.165, 1.54) is 22.6 Å². The summed E-state index contributed by atoms with van der Waals surface area (Å²) in [5, 5.41) is 0. The van der Waals surface area contributed by atoms with Crippen molar-refractivity contribution in [1.82, 2.24) is 0 Å². The summed E-state index contributed by atoms with van der Waals surface area (Å²) in [6, 6.07) is 0. The molecule has 0 fully saturated rings. The molecule has 0 nitrogen and oxygen atoms in total. The Morgan fingerprint density at radius 2 is 1.55 bits per heavy atom. The predicted octanol–water partition coefficient (Wildman–Crippen LogP) is 3.38. The van der Waals surface area contributed by atoms with Gasteiger partial charge in [-0.2, -0.15) is 22.0 Å². The maximum atomic E-state index is 12.1. The topological polar surface area (TPSA) is 0 Å². The number of rotatable bonds is 2. The van der Waals surface area contributed by atoms with Crippen molar-refractivity contribution >= 4 is 38.5 Å². The van der Waals surface area contributed by atoms with E-state index < -0.39 is 16.9 Å². The van der Waals surface area contributed by atoms with Crippen LogP contribution in [0, 0.1) is 0 Å². The van der Waals surface area contributed by atoms with Crippen LogP contribution >= 0.6 is 38.5 Å². The number of hydrogen-bond acceptors (Lipinski definition) is 0. The second-order valence-corrected chi connectivity index (χ2v) is 3.73. The zero-order chi connectivity index (χ0) is 9.28. The number of hydrogen-bond donors (Lipinski definition) is 0. The molecule has 0 rings (SSSR count). The van der Waals surface area contributed by atoms with Gasteiger partial charge in [-0.25, -0.2) is 0 Å². The molecule has 0 bridgehead atoms. The summed E-state index contributed by atoms with van der Waals surface area (Å²) in [5.41, 5.74) is 0. The van der Waals surface area contributed by atoms with E-state index >= 15 is 0 Å². The van der Waals surface area contributed by atoms with Crippen LogP contribution in [0.4, 0.5) is 22.0 Å². The van der Waals surface area contributed by atoms with Crippen LogP contribution in [0.1, 0.15) is 0 Å². The van der Waals surface area contributed by atoms with E-state index in [0.29, 0.717) is 0 Å². The maximum Gasteiger partial charge on any atom is 0.454 e. The molecular weight excluding hydrogens is 350 g/mol. The van der Waals surface area contributed by atoms with Crippen LogP contribution in [-0.2, 0) is 0 Å². The van der Waals surface area contributed by atoms with Gasteiger partial charge in [-0.1, -0.05) is 38.5 Å². The van der Waals surface area contributed by atoms with Crippen molar-refractivity contribution in [3.63, 3.8) is 0 Å². The molecule has 0 N–H and O–H groups in total. The first-order valence-electron chi connectivity index (χ1n) is 2.38. The van der Waals surface area contributed by atoms with Gasteiger partial charge >= 0.3 is 12.1 Å². The fraction of sp³-hybridized carbons (Fsp3) is 1.00. The number of alkyl halides is 7. The Morgan fingerprint density at radius 3 is 1.64 bits per heavy atom. The zero-order valence-corrected chi connectivity index (χ0v) is 8.67. The molecular formula is C4H3BrF5I. The van der Waals surface area contributed by atoms with Gasteiger partial charge in [0.25, 0.3) is 0 Å². The molecule has 0 amide bonds. The van der Waals surface area contributed by atoms with Crippen LogP contribution in [-0.4, -0.2) is 21.4 Å². The Morgan fingerprint density at radius 1 is 1.18 bits per heavy atom. The van der Waals surface area contributed by atoms with Crippen LogP contribution in [0.15, 0.2) is 0 Å². The Kier molecular flexibility index (Phi) is 4.00. The van der Waals surface area contributed by atoms with Crippen molar-refractivity contribution in [1.29, 1.82) is 0 Å². The van der Waals surface area contributed by atoms with E-state index in [1.54, 1.807) is 0 Å². The Balaban J connectivity index is 4.45. The first-order valence-corrected chi connectivity index (χ1v) is 4.82. The van der Waals surface area contributed by atoms with Gasteiger partial charge in [0.1, 0.15) is 0 Å². The van der Waals surface area contributed by atoms with E-state index in [-0.39, 0.29) is 4.43 Å². The third-order valence-corrected chi connectivity index (χ3v) is 3.90. The summed E-state index contributed by atoms with van der Waals surface area (Å²) in [4.78, 5) is -1.85. The van der Waals surface area contributed by atoms with Gasteiger partial charge in [0, 0.05) is 4.43 Å². The Hall–Kier alpha value is 0.860. The molecule has 0 aliphatic rings. The predicted molar refractivity (Wildman–Crippen MR) is 42.6 cm³/mol. The van der Waals surface area contributed by atoms with Gasteiger partial charge in [-0.05, 0) is 0 Å². The van der Waals surface area contributed by atoms with Crippen molar-refractivity contribution in [3.8, 4) is 0 Å². The lowest BCUT2D eigenvalue weighted by Gasteiger charge is -2.22. The molecule has 0 spiro atoms. The van der Waals surface area contributed by atoms with Crippen molar-refractivity contribution in [3.05, 3.63) is 0 Å². The van der Waals surface area contributed by atoms with E-state index in [0.717, 1.165) is 0 Å². The zero-order valence-electron chi connectivity index (χ0n) is 4.93. The Bertz CT molecular complexity index is 133. The van der Waals surface area contributed by atoms with Crippen molar-refractivity contribution in [2.24, 2.45) is 0 Å². The van der Waals surface area contributed by atoms with Crippen LogP contribution in [0.5, 0.6) is 0 Å². The van der Waals surface area contributed by atoms with E-state index in [1.807, 2.05) is 0 Å². The van der Waals surface area contributed by atoms with Crippen LogP contribution in [0.25, 0.3) is 0 Å². The molecule has 0 heterocycles. The fourth-order valence-corrected chi connectivity index (χ4v) is 1.09. The molecule has 0 saturated heterocycles.